The molecule has 0 unspecified atom stereocenters. The monoisotopic (exact) mass is 150 g/mol. The third-order valence-electron chi connectivity index (χ3n) is 1.56. The predicted octanol–water partition coefficient (Wildman–Crippen LogP) is 2.12. The zero-order valence-corrected chi connectivity index (χ0v) is 7.12. The molecule has 0 aliphatic carbocycles. The molecule has 0 saturated carbocycles. The Balaban J connectivity index is 0.000000461. The van der Waals surface area contributed by atoms with Gasteiger partial charge in [-0.2, -0.15) is 0 Å². The van der Waals surface area contributed by atoms with Gasteiger partial charge in [-0.25, -0.2) is 5.26 Å². The van der Waals surface area contributed by atoms with Gasteiger partial charge in [0.2, 0.25) is 0 Å². The molecule has 1 aromatic rings. The summed E-state index contributed by atoms with van der Waals surface area (Å²) < 4.78 is 2.17. The lowest BCUT2D eigenvalue weighted by molar-refractivity contribution is 0.787. The van der Waals surface area contributed by atoms with Gasteiger partial charge in [0, 0.05) is 25.5 Å². The Morgan fingerprint density at radius 3 is 2.55 bits per heavy atom. The molecule has 1 rings (SSSR count). The highest BCUT2D eigenvalue weighted by molar-refractivity contribution is 5.05. The van der Waals surface area contributed by atoms with Gasteiger partial charge in [0.15, 0.2) is 0 Å². The van der Waals surface area contributed by atoms with Gasteiger partial charge >= 0.3 is 0 Å². The van der Waals surface area contributed by atoms with Crippen LogP contribution in [-0.2, 0) is 13.5 Å². The van der Waals surface area contributed by atoms with Crippen LogP contribution in [0.3, 0.4) is 0 Å². The van der Waals surface area contributed by atoms with E-state index in [2.05, 4.69) is 43.4 Å². The third-order valence-corrected chi connectivity index (χ3v) is 1.56. The van der Waals surface area contributed by atoms with Crippen LogP contribution < -0.4 is 0 Å². The molecule has 0 aliphatic heterocycles. The van der Waals surface area contributed by atoms with Crippen LogP contribution in [0.4, 0.5) is 0 Å². The minimum absolute atomic E-state index is 1.20. The number of nitrogens with zero attached hydrogens (tertiary/aromatic N) is 2. The zero-order valence-electron chi connectivity index (χ0n) is 7.12. The Kier molecular flexibility index (Phi) is 4.93. The summed E-state index contributed by atoms with van der Waals surface area (Å²) in [6.07, 6.45) is 4.52. The van der Waals surface area contributed by atoms with E-state index in [0.29, 0.717) is 0 Å². The van der Waals surface area contributed by atoms with Crippen LogP contribution in [0.1, 0.15) is 19.0 Å². The van der Waals surface area contributed by atoms with E-state index in [1.807, 2.05) is 0 Å². The summed E-state index contributed by atoms with van der Waals surface area (Å²) in [4.78, 5) is 0. The second-order valence-electron chi connectivity index (χ2n) is 2.36. The standard InChI is InChI=1S/C8H13N.CHN/c1-3-5-8-6-4-7-9(8)2;1-2/h4,6-7H,3,5H2,1-2H3;1H. The van der Waals surface area contributed by atoms with Crippen molar-refractivity contribution in [3.05, 3.63) is 24.0 Å². The lowest BCUT2D eigenvalue weighted by atomic mass is 10.2. The van der Waals surface area contributed by atoms with Gasteiger partial charge in [-0.3, -0.25) is 0 Å². The van der Waals surface area contributed by atoms with Crippen molar-refractivity contribution in [3.63, 3.8) is 0 Å². The smallest absolute Gasteiger partial charge is 0.0462 e. The Labute approximate surface area is 68.1 Å². The van der Waals surface area contributed by atoms with E-state index in [1.165, 1.54) is 18.5 Å². The second-order valence-corrected chi connectivity index (χ2v) is 2.36. The fourth-order valence-electron chi connectivity index (χ4n) is 1.01. The predicted molar refractivity (Wildman–Crippen MR) is 46.1 cm³/mol. The maximum Gasteiger partial charge on any atom is 0.0462 e. The van der Waals surface area contributed by atoms with Gasteiger partial charge in [-0.1, -0.05) is 13.3 Å². The number of nitriles is 1. The largest absolute Gasteiger partial charge is 0.354 e. The van der Waals surface area contributed by atoms with Crippen molar-refractivity contribution in [2.45, 2.75) is 19.8 Å². The molecule has 0 fully saturated rings. The molecule has 0 aliphatic rings. The normalized spacial score (nSPS) is 8.36. The molecule has 60 valence electrons. The van der Waals surface area contributed by atoms with Crippen molar-refractivity contribution < 1.29 is 0 Å². The molecule has 0 spiro atoms. The first-order chi connectivity index (χ1) is 5.34. The molecule has 2 heteroatoms. The molecule has 1 aromatic heterocycles. The van der Waals surface area contributed by atoms with Gasteiger partial charge in [0.05, 0.1) is 0 Å². The van der Waals surface area contributed by atoms with E-state index in [-0.39, 0.29) is 0 Å². The average molecular weight is 150 g/mol. The molecular weight excluding hydrogens is 136 g/mol. The number of hydrogen-bond donors (Lipinski definition) is 0. The minimum atomic E-state index is 1.20. The van der Waals surface area contributed by atoms with Crippen LogP contribution >= 0.6 is 0 Å². The summed E-state index contributed by atoms with van der Waals surface area (Å²) in [5, 5.41) is 6.50. The highest BCUT2D eigenvalue weighted by atomic mass is 14.9. The molecule has 0 saturated heterocycles. The van der Waals surface area contributed by atoms with Crippen molar-refractivity contribution in [2.75, 3.05) is 0 Å². The van der Waals surface area contributed by atoms with E-state index in [0.717, 1.165) is 0 Å². The zero-order chi connectivity index (χ0) is 8.69. The molecule has 11 heavy (non-hydrogen) atoms. The molecule has 0 atom stereocenters. The van der Waals surface area contributed by atoms with Gasteiger partial charge in [0.1, 0.15) is 0 Å². The summed E-state index contributed by atoms with van der Waals surface area (Å²) in [7, 11) is 2.09. The SMILES string of the molecule is C#N.CCCc1cccn1C. The van der Waals surface area contributed by atoms with Crippen molar-refractivity contribution >= 4 is 0 Å². The highest BCUT2D eigenvalue weighted by Crippen LogP contribution is 2.01. The quantitative estimate of drug-likeness (QED) is 0.634. The van der Waals surface area contributed by atoms with Crippen molar-refractivity contribution in [3.8, 4) is 6.57 Å². The van der Waals surface area contributed by atoms with Gasteiger partial charge in [-0.15, -0.1) is 0 Å². The third kappa shape index (κ3) is 2.90. The van der Waals surface area contributed by atoms with E-state index in [9.17, 15) is 0 Å². The van der Waals surface area contributed by atoms with Crippen molar-refractivity contribution in [1.29, 1.82) is 5.26 Å². The molecule has 0 amide bonds. The van der Waals surface area contributed by atoms with E-state index >= 15 is 0 Å². The first-order valence-corrected chi connectivity index (χ1v) is 3.70. The topological polar surface area (TPSA) is 28.7 Å². The van der Waals surface area contributed by atoms with Crippen LogP contribution in [0.5, 0.6) is 0 Å². The Morgan fingerprint density at radius 2 is 2.18 bits per heavy atom. The molecule has 2 nitrogen and oxygen atoms in total. The fourth-order valence-corrected chi connectivity index (χ4v) is 1.01. The summed E-state index contributed by atoms with van der Waals surface area (Å²) in [6.45, 7) is 5.70. The molecule has 0 bridgehead atoms. The second kappa shape index (κ2) is 5.55. The van der Waals surface area contributed by atoms with Crippen LogP contribution in [-0.4, -0.2) is 4.57 Å². The highest BCUT2D eigenvalue weighted by Gasteiger charge is 1.91. The van der Waals surface area contributed by atoms with Crippen LogP contribution in [0.25, 0.3) is 0 Å². The van der Waals surface area contributed by atoms with Gasteiger partial charge in [0.25, 0.3) is 0 Å². The van der Waals surface area contributed by atoms with E-state index in [4.69, 9.17) is 5.26 Å². The maximum absolute atomic E-state index is 6.50. The van der Waals surface area contributed by atoms with Gasteiger partial charge in [-0.05, 0) is 18.6 Å². The summed E-state index contributed by atoms with van der Waals surface area (Å²) in [5.41, 5.74) is 1.43. The van der Waals surface area contributed by atoms with Crippen LogP contribution in [0.15, 0.2) is 18.3 Å². The van der Waals surface area contributed by atoms with Crippen molar-refractivity contribution in [2.24, 2.45) is 7.05 Å². The number of hydrogen-bond acceptors (Lipinski definition) is 1. The average Bonchev–Trinajstić information content (AvgIpc) is 2.42. The molecule has 0 radical (unpaired) electrons. The number of aromatic nitrogens is 1. The molecular formula is C9H14N2. The number of aryl methyl sites for hydroxylation is 2. The van der Waals surface area contributed by atoms with E-state index < -0.39 is 0 Å². The fraction of sp³-hybridized carbons (Fsp3) is 0.444. The van der Waals surface area contributed by atoms with Gasteiger partial charge < -0.3 is 4.57 Å². The molecule has 1 heterocycles. The first-order valence-electron chi connectivity index (χ1n) is 3.70. The minimum Gasteiger partial charge on any atom is -0.354 e. The maximum atomic E-state index is 6.50. The summed E-state index contributed by atoms with van der Waals surface area (Å²) >= 11 is 0. The van der Waals surface area contributed by atoms with Crippen molar-refractivity contribution in [1.82, 2.24) is 4.57 Å². The number of rotatable bonds is 2. The summed E-state index contributed by atoms with van der Waals surface area (Å²) in [5.74, 6) is 0. The van der Waals surface area contributed by atoms with Crippen LogP contribution in [0, 0.1) is 11.8 Å². The lowest BCUT2D eigenvalue weighted by Crippen LogP contribution is -1.92. The van der Waals surface area contributed by atoms with E-state index in [1.54, 1.807) is 0 Å². The Morgan fingerprint density at radius 1 is 1.55 bits per heavy atom. The molecule has 0 aromatic carbocycles. The Hall–Kier alpha value is -1.23. The lowest BCUT2D eigenvalue weighted by Gasteiger charge is -1.98. The summed E-state index contributed by atoms with van der Waals surface area (Å²) in [6, 6.07) is 4.26. The first kappa shape index (κ1) is 9.77. The Bertz CT molecular complexity index is 210. The molecule has 0 N–H and O–H groups in total. The van der Waals surface area contributed by atoms with Crippen LogP contribution in [0.2, 0.25) is 0 Å².